The zero-order valence-corrected chi connectivity index (χ0v) is 19.6. The number of hydrogen-bond donors (Lipinski definition) is 2. The fraction of sp³-hybridized carbons (Fsp3) is 0.368. The van der Waals surface area contributed by atoms with Gasteiger partial charge in [-0.25, -0.2) is 0 Å². The van der Waals surface area contributed by atoms with Crippen LogP contribution in [-0.4, -0.2) is 41.8 Å². The normalized spacial score (nSPS) is 21.7. The summed E-state index contributed by atoms with van der Waals surface area (Å²) in [7, 11) is 1.36. The highest BCUT2D eigenvalue weighted by atomic mass is 35.5. The average molecular weight is 532 g/mol. The number of nitrogens with one attached hydrogen (secondary N) is 1. The molecule has 0 aliphatic carbocycles. The van der Waals surface area contributed by atoms with E-state index in [0.717, 1.165) is 28.5 Å². The molecule has 2 unspecified atom stereocenters. The molecule has 0 saturated carbocycles. The van der Waals surface area contributed by atoms with Gasteiger partial charge in [-0.1, -0.05) is 34.8 Å². The second-order valence-corrected chi connectivity index (χ2v) is 9.45. The Hall–Kier alpha value is -1.56. The van der Waals surface area contributed by atoms with Gasteiger partial charge >= 0.3 is 12.1 Å². The van der Waals surface area contributed by atoms with E-state index in [0.29, 0.717) is 10.4 Å². The fourth-order valence-electron chi connectivity index (χ4n) is 3.45. The van der Waals surface area contributed by atoms with Crippen LogP contribution in [0.3, 0.4) is 0 Å². The van der Waals surface area contributed by atoms with E-state index in [9.17, 15) is 22.8 Å². The van der Waals surface area contributed by atoms with Crippen molar-refractivity contribution in [3.8, 4) is 0 Å². The van der Waals surface area contributed by atoms with E-state index in [1.54, 1.807) is 13.0 Å². The number of hydroxylamine groups is 2. The predicted octanol–water partition coefficient (Wildman–Crippen LogP) is 5.60. The van der Waals surface area contributed by atoms with Crippen LogP contribution in [-0.2, 0) is 15.2 Å². The van der Waals surface area contributed by atoms with Gasteiger partial charge in [0.15, 0.2) is 0 Å². The zero-order chi connectivity index (χ0) is 24.0. The summed E-state index contributed by atoms with van der Waals surface area (Å²) in [6.45, 7) is 1.04. The number of nitrogens with zero attached hydrogens (tertiary/aromatic N) is 1. The third-order valence-corrected chi connectivity index (χ3v) is 7.53. The van der Waals surface area contributed by atoms with Crippen molar-refractivity contribution in [1.29, 1.82) is 0 Å². The topological polar surface area (TPSA) is 78.9 Å². The van der Waals surface area contributed by atoms with Crippen LogP contribution in [0.1, 0.15) is 38.1 Å². The van der Waals surface area contributed by atoms with Gasteiger partial charge in [-0.3, -0.25) is 14.4 Å². The molecule has 3 rings (SSSR count). The first kappa shape index (κ1) is 25.1. The van der Waals surface area contributed by atoms with Crippen molar-refractivity contribution < 1.29 is 32.7 Å². The average Bonchev–Trinajstić information content (AvgIpc) is 3.24. The lowest BCUT2D eigenvalue weighted by Gasteiger charge is -2.31. The summed E-state index contributed by atoms with van der Waals surface area (Å²) >= 11 is 18.8. The maximum absolute atomic E-state index is 14.3. The number of rotatable bonds is 5. The van der Waals surface area contributed by atoms with Gasteiger partial charge in [0.25, 0.3) is 5.91 Å². The lowest BCUT2D eigenvalue weighted by Crippen LogP contribution is -2.42. The summed E-state index contributed by atoms with van der Waals surface area (Å²) in [5.74, 6) is -1.84. The van der Waals surface area contributed by atoms with Gasteiger partial charge in [0.05, 0.1) is 26.0 Å². The molecule has 1 amide bonds. The number of carboxylic acid groups (broad SMARTS) is 1. The van der Waals surface area contributed by atoms with Crippen molar-refractivity contribution >= 4 is 58.0 Å². The maximum atomic E-state index is 14.3. The Labute approximate surface area is 199 Å². The largest absolute Gasteiger partial charge is 0.480 e. The van der Waals surface area contributed by atoms with E-state index in [1.165, 1.54) is 7.05 Å². The molecule has 1 aromatic heterocycles. The number of carboxylic acids is 1. The Morgan fingerprint density at radius 2 is 1.88 bits per heavy atom. The number of halogens is 6. The number of aliphatic carboxylic acids is 1. The van der Waals surface area contributed by atoms with Gasteiger partial charge in [0, 0.05) is 18.3 Å². The maximum Gasteiger partial charge on any atom is 0.423 e. The number of aryl methyl sites for hydroxylation is 1. The molecule has 1 aliphatic rings. The molecule has 0 radical (unpaired) electrons. The summed E-state index contributed by atoms with van der Waals surface area (Å²) in [5, 5.41) is 11.7. The Morgan fingerprint density at radius 1 is 1.28 bits per heavy atom. The Morgan fingerprint density at radius 3 is 2.41 bits per heavy atom. The molecular formula is C19H16Cl3F3N2O4S. The van der Waals surface area contributed by atoms with Crippen LogP contribution in [0.15, 0.2) is 18.2 Å². The number of amides is 1. The fourth-order valence-corrected chi connectivity index (χ4v) is 5.27. The number of thiophene rings is 1. The summed E-state index contributed by atoms with van der Waals surface area (Å²) in [5.41, 5.74) is -2.54. The second-order valence-electron chi connectivity index (χ2n) is 7.17. The smallest absolute Gasteiger partial charge is 0.423 e. The molecule has 1 saturated heterocycles. The van der Waals surface area contributed by atoms with E-state index in [1.807, 2.05) is 0 Å². The predicted molar refractivity (Wildman–Crippen MR) is 114 cm³/mol. The number of benzene rings is 1. The van der Waals surface area contributed by atoms with E-state index in [-0.39, 0.29) is 25.5 Å². The van der Waals surface area contributed by atoms with Crippen LogP contribution < -0.4 is 5.32 Å². The van der Waals surface area contributed by atoms with Crippen LogP contribution in [0.5, 0.6) is 0 Å². The summed E-state index contributed by atoms with van der Waals surface area (Å²) in [4.78, 5) is 29.0. The van der Waals surface area contributed by atoms with Crippen molar-refractivity contribution in [2.75, 3.05) is 13.6 Å². The third-order valence-electron chi connectivity index (χ3n) is 5.00. The van der Waals surface area contributed by atoms with Crippen molar-refractivity contribution in [1.82, 2.24) is 10.4 Å². The summed E-state index contributed by atoms with van der Waals surface area (Å²) in [6, 6.07) is 2.88. The molecule has 2 atom stereocenters. The molecule has 6 nitrogen and oxygen atoms in total. The summed E-state index contributed by atoms with van der Waals surface area (Å²) in [6.07, 6.45) is -5.36. The van der Waals surface area contributed by atoms with E-state index in [2.05, 4.69) is 5.32 Å². The second kappa shape index (κ2) is 9.00. The van der Waals surface area contributed by atoms with E-state index in [4.69, 9.17) is 44.7 Å². The van der Waals surface area contributed by atoms with Crippen molar-refractivity contribution in [3.63, 3.8) is 0 Å². The Kier molecular flexibility index (Phi) is 7.05. The van der Waals surface area contributed by atoms with E-state index >= 15 is 0 Å². The molecule has 13 heteroatoms. The molecule has 2 heterocycles. The molecule has 1 aliphatic heterocycles. The van der Waals surface area contributed by atoms with Crippen molar-refractivity contribution in [2.45, 2.75) is 31.2 Å². The minimum atomic E-state index is -4.83. The van der Waals surface area contributed by atoms with Crippen LogP contribution >= 0.6 is 46.1 Å². The summed E-state index contributed by atoms with van der Waals surface area (Å²) < 4.78 is 43.0. The standard InChI is InChI=1S/C19H16Cl3F3N2O4S/c1-8-3-13(32-16(8)17(30)26-7-14(28)29)12-6-18(19(23,24)25,31-27(12)2)9-4-10(20)15(22)11(21)5-9/h3-5,12H,6-7H2,1-2H3,(H,26,30)(H,28,29). The van der Waals surface area contributed by atoms with Crippen LogP contribution in [0, 0.1) is 6.92 Å². The molecule has 1 aromatic carbocycles. The molecule has 0 spiro atoms. The molecule has 2 aromatic rings. The van der Waals surface area contributed by atoms with Gasteiger partial charge in [0.1, 0.15) is 6.54 Å². The van der Waals surface area contributed by atoms with Gasteiger partial charge in [-0.15, -0.1) is 11.3 Å². The highest BCUT2D eigenvalue weighted by molar-refractivity contribution is 7.14. The monoisotopic (exact) mass is 530 g/mol. The number of alkyl halides is 3. The van der Waals surface area contributed by atoms with Crippen molar-refractivity contribution in [2.24, 2.45) is 0 Å². The minimum absolute atomic E-state index is 0.0665. The molecule has 1 fully saturated rings. The van der Waals surface area contributed by atoms with Gasteiger partial charge in [-0.2, -0.15) is 18.2 Å². The lowest BCUT2D eigenvalue weighted by atomic mass is 9.87. The molecule has 2 N–H and O–H groups in total. The first-order chi connectivity index (χ1) is 14.8. The highest BCUT2D eigenvalue weighted by Gasteiger charge is 2.64. The van der Waals surface area contributed by atoms with Gasteiger partial charge < -0.3 is 10.4 Å². The highest BCUT2D eigenvalue weighted by Crippen LogP contribution is 2.56. The van der Waals surface area contributed by atoms with E-state index < -0.39 is 42.7 Å². The molecular weight excluding hydrogens is 516 g/mol. The first-order valence-corrected chi connectivity index (χ1v) is 11.0. The quantitative estimate of drug-likeness (QED) is 0.491. The van der Waals surface area contributed by atoms with Crippen LogP contribution in [0.2, 0.25) is 15.1 Å². The van der Waals surface area contributed by atoms with Crippen LogP contribution in [0.25, 0.3) is 0 Å². The number of carbonyl (C=O) groups is 2. The van der Waals surface area contributed by atoms with Gasteiger partial charge in [-0.05, 0) is 36.2 Å². The molecule has 32 heavy (non-hydrogen) atoms. The SMILES string of the molecule is Cc1cc(C2CC(c3cc(Cl)c(Cl)c(Cl)c3)(C(F)(F)F)ON2C)sc1C(=O)NCC(=O)O. The Balaban J connectivity index is 1.99. The van der Waals surface area contributed by atoms with Crippen LogP contribution in [0.4, 0.5) is 13.2 Å². The lowest BCUT2D eigenvalue weighted by molar-refractivity contribution is -0.322. The third kappa shape index (κ3) is 4.57. The first-order valence-electron chi connectivity index (χ1n) is 9.01. The van der Waals surface area contributed by atoms with Crippen molar-refractivity contribution in [3.05, 3.63) is 54.1 Å². The zero-order valence-electron chi connectivity index (χ0n) is 16.5. The van der Waals surface area contributed by atoms with Gasteiger partial charge in [0.2, 0.25) is 5.60 Å². The molecule has 174 valence electrons. The minimum Gasteiger partial charge on any atom is -0.480 e. The number of hydrogen-bond acceptors (Lipinski definition) is 5. The number of carbonyl (C=O) groups excluding carboxylic acids is 1. The molecule has 0 bridgehead atoms. The Bertz CT molecular complexity index is 1060.